The van der Waals surface area contributed by atoms with Crippen molar-refractivity contribution in [1.29, 1.82) is 0 Å². The van der Waals surface area contributed by atoms with E-state index in [4.69, 9.17) is 9.26 Å². The molecule has 4 aromatic rings. The van der Waals surface area contributed by atoms with Crippen molar-refractivity contribution in [2.75, 3.05) is 12.4 Å². The van der Waals surface area contributed by atoms with Crippen LogP contribution in [0.25, 0.3) is 23.0 Å². The second-order valence-electron chi connectivity index (χ2n) is 6.77. The molecule has 11 heteroatoms. The second kappa shape index (κ2) is 9.07. The van der Waals surface area contributed by atoms with Crippen molar-refractivity contribution in [1.82, 2.24) is 14.7 Å². The van der Waals surface area contributed by atoms with Crippen LogP contribution in [0.2, 0.25) is 0 Å². The average molecular weight is 458 g/mol. The Morgan fingerprint density at radius 1 is 1.09 bits per heavy atom. The lowest BCUT2D eigenvalue weighted by molar-refractivity contribution is -0.274. The number of halogens is 3. The smallest absolute Gasteiger partial charge is 0.495 e. The van der Waals surface area contributed by atoms with E-state index < -0.39 is 6.36 Å². The lowest BCUT2D eigenvalue weighted by Crippen LogP contribution is -2.19. The monoisotopic (exact) mass is 458 g/mol. The summed E-state index contributed by atoms with van der Waals surface area (Å²) in [7, 11) is 1.51. The Labute approximate surface area is 185 Å². The molecule has 0 bridgehead atoms. The van der Waals surface area contributed by atoms with Crippen LogP contribution in [0.15, 0.2) is 71.4 Å². The number of hydrogen-bond acceptors (Lipinski definition) is 6. The summed E-state index contributed by atoms with van der Waals surface area (Å²) in [6.45, 7) is -0.0262. The van der Waals surface area contributed by atoms with Gasteiger partial charge in [0.1, 0.15) is 23.7 Å². The molecular weight excluding hydrogens is 441 g/mol. The molecule has 170 valence electrons. The minimum atomic E-state index is -4.77. The Balaban J connectivity index is 1.48. The number of anilines is 1. The fraction of sp³-hybridized carbons (Fsp3) is 0.136. The van der Waals surface area contributed by atoms with Crippen LogP contribution in [0.1, 0.15) is 0 Å². The molecule has 0 fully saturated rings. The molecule has 1 amide bonds. The number of nitrogens with one attached hydrogen (secondary N) is 1. The summed E-state index contributed by atoms with van der Waals surface area (Å²) in [5, 5.41) is 6.67. The lowest BCUT2D eigenvalue weighted by atomic mass is 10.2. The van der Waals surface area contributed by atoms with Gasteiger partial charge in [0.05, 0.1) is 12.8 Å². The van der Waals surface area contributed by atoms with Crippen LogP contribution < -0.4 is 14.8 Å². The second-order valence-corrected chi connectivity index (χ2v) is 6.77. The van der Waals surface area contributed by atoms with E-state index in [-0.39, 0.29) is 29.9 Å². The van der Waals surface area contributed by atoms with Gasteiger partial charge in [-0.1, -0.05) is 17.3 Å². The lowest BCUT2D eigenvalue weighted by Gasteiger charge is -2.11. The van der Waals surface area contributed by atoms with Gasteiger partial charge in [0.15, 0.2) is 0 Å². The normalized spacial score (nSPS) is 11.3. The molecule has 2 aromatic carbocycles. The minimum absolute atomic E-state index is 0.0262. The summed E-state index contributed by atoms with van der Waals surface area (Å²) in [4.78, 5) is 16.8. The molecule has 0 radical (unpaired) electrons. The molecule has 33 heavy (non-hydrogen) atoms. The zero-order valence-electron chi connectivity index (χ0n) is 17.2. The van der Waals surface area contributed by atoms with Gasteiger partial charge < -0.3 is 23.9 Å². The molecule has 0 saturated heterocycles. The third kappa shape index (κ3) is 5.32. The highest BCUT2D eigenvalue weighted by Crippen LogP contribution is 2.27. The molecule has 8 nitrogen and oxygen atoms in total. The number of para-hydroxylation sites is 2. The van der Waals surface area contributed by atoms with Crippen LogP contribution in [0.3, 0.4) is 0 Å². The Hall–Kier alpha value is -4.28. The highest BCUT2D eigenvalue weighted by molar-refractivity contribution is 5.92. The molecule has 0 aliphatic heterocycles. The fourth-order valence-electron chi connectivity index (χ4n) is 3.09. The number of carbonyl (C=O) groups excluding carboxylic acids is 1. The Kier molecular flexibility index (Phi) is 6.03. The zero-order valence-corrected chi connectivity index (χ0v) is 17.2. The number of carbonyl (C=O) groups is 1. The summed E-state index contributed by atoms with van der Waals surface area (Å²) >= 11 is 0. The van der Waals surface area contributed by atoms with Gasteiger partial charge in [0.25, 0.3) is 5.89 Å². The van der Waals surface area contributed by atoms with Crippen molar-refractivity contribution < 1.29 is 32.0 Å². The first-order chi connectivity index (χ1) is 15.8. The van der Waals surface area contributed by atoms with Gasteiger partial charge in [-0.15, -0.1) is 13.2 Å². The molecular formula is C22H17F3N4O4. The third-order valence-electron chi connectivity index (χ3n) is 4.52. The van der Waals surface area contributed by atoms with Gasteiger partial charge in [-0.05, 0) is 48.5 Å². The molecule has 1 N–H and O–H groups in total. The first kappa shape index (κ1) is 21.9. The first-order valence-electron chi connectivity index (χ1n) is 9.60. The molecule has 2 aromatic heterocycles. The highest BCUT2D eigenvalue weighted by Gasteiger charge is 2.31. The van der Waals surface area contributed by atoms with E-state index in [2.05, 4.69) is 20.2 Å². The van der Waals surface area contributed by atoms with Gasteiger partial charge in [-0.25, -0.2) is 0 Å². The standard InChI is InChI=1S/C22H17F3N4O4/c1-31-18-7-3-2-5-16(18)26-19(30)13-29-12-4-6-17(29)21-27-20(28-33-21)14-8-10-15(11-9-14)32-22(23,24)25/h2-12H,13H2,1H3,(H,26,30). The third-order valence-corrected chi connectivity index (χ3v) is 4.52. The number of nitrogens with zero attached hydrogens (tertiary/aromatic N) is 3. The summed E-state index contributed by atoms with van der Waals surface area (Å²) in [6.07, 6.45) is -3.09. The molecule has 0 atom stereocenters. The fourth-order valence-corrected chi connectivity index (χ4v) is 3.09. The van der Waals surface area contributed by atoms with Gasteiger partial charge in [0, 0.05) is 11.8 Å². The molecule has 2 heterocycles. The maximum Gasteiger partial charge on any atom is 0.573 e. The molecule has 0 spiro atoms. The highest BCUT2D eigenvalue weighted by atomic mass is 19.4. The van der Waals surface area contributed by atoms with E-state index in [0.29, 0.717) is 22.7 Å². The van der Waals surface area contributed by atoms with Crippen LogP contribution >= 0.6 is 0 Å². The number of benzene rings is 2. The van der Waals surface area contributed by atoms with E-state index in [9.17, 15) is 18.0 Å². The topological polar surface area (TPSA) is 91.4 Å². The summed E-state index contributed by atoms with van der Waals surface area (Å²) in [5.41, 5.74) is 1.48. The van der Waals surface area contributed by atoms with Crippen molar-refractivity contribution in [2.45, 2.75) is 12.9 Å². The van der Waals surface area contributed by atoms with Crippen LogP contribution in [-0.2, 0) is 11.3 Å². The number of ether oxygens (including phenoxy) is 2. The first-order valence-corrected chi connectivity index (χ1v) is 9.60. The van der Waals surface area contributed by atoms with Crippen LogP contribution in [0, 0.1) is 0 Å². The molecule has 0 unspecified atom stereocenters. The molecule has 0 aliphatic rings. The number of amides is 1. The van der Waals surface area contributed by atoms with Gasteiger partial charge in [-0.2, -0.15) is 4.98 Å². The average Bonchev–Trinajstić information content (AvgIpc) is 3.43. The van der Waals surface area contributed by atoms with Crippen molar-refractivity contribution in [3.05, 3.63) is 66.9 Å². The molecule has 4 rings (SSSR count). The van der Waals surface area contributed by atoms with Gasteiger partial charge in [-0.3, -0.25) is 4.79 Å². The number of rotatable bonds is 7. The maximum atomic E-state index is 12.5. The van der Waals surface area contributed by atoms with Gasteiger partial charge >= 0.3 is 6.36 Å². The van der Waals surface area contributed by atoms with Crippen molar-refractivity contribution in [3.8, 4) is 34.5 Å². The van der Waals surface area contributed by atoms with E-state index in [0.717, 1.165) is 12.1 Å². The van der Waals surface area contributed by atoms with Crippen LogP contribution in [0.4, 0.5) is 18.9 Å². The number of aromatic nitrogens is 3. The summed E-state index contributed by atoms with van der Waals surface area (Å²) < 4.78 is 53.0. The summed E-state index contributed by atoms with van der Waals surface area (Å²) in [5.74, 6) is 0.208. The number of hydrogen-bond donors (Lipinski definition) is 1. The Morgan fingerprint density at radius 2 is 1.85 bits per heavy atom. The SMILES string of the molecule is COc1ccccc1NC(=O)Cn1cccc1-c1nc(-c2ccc(OC(F)(F)F)cc2)no1. The zero-order chi connectivity index (χ0) is 23.4. The quantitative estimate of drug-likeness (QED) is 0.430. The summed E-state index contributed by atoms with van der Waals surface area (Å²) in [6, 6.07) is 15.5. The van der Waals surface area contributed by atoms with Crippen LogP contribution in [0.5, 0.6) is 11.5 Å². The predicted octanol–water partition coefficient (Wildman–Crippen LogP) is 4.75. The number of methoxy groups -OCH3 is 1. The maximum absolute atomic E-state index is 12.5. The predicted molar refractivity (Wildman–Crippen MR) is 111 cm³/mol. The molecule has 0 saturated carbocycles. The Morgan fingerprint density at radius 3 is 2.58 bits per heavy atom. The van der Waals surface area contributed by atoms with Crippen molar-refractivity contribution in [2.24, 2.45) is 0 Å². The van der Waals surface area contributed by atoms with Crippen molar-refractivity contribution in [3.63, 3.8) is 0 Å². The van der Waals surface area contributed by atoms with E-state index in [1.54, 1.807) is 47.2 Å². The van der Waals surface area contributed by atoms with E-state index >= 15 is 0 Å². The van der Waals surface area contributed by atoms with E-state index in [1.807, 2.05) is 0 Å². The van der Waals surface area contributed by atoms with Gasteiger partial charge in [0.2, 0.25) is 11.7 Å². The Bertz CT molecular complexity index is 1250. The van der Waals surface area contributed by atoms with E-state index in [1.165, 1.54) is 19.2 Å². The number of alkyl halides is 3. The van der Waals surface area contributed by atoms with Crippen LogP contribution in [-0.4, -0.2) is 34.1 Å². The largest absolute Gasteiger partial charge is 0.573 e. The van der Waals surface area contributed by atoms with Crippen molar-refractivity contribution >= 4 is 11.6 Å². The minimum Gasteiger partial charge on any atom is -0.495 e. The molecule has 0 aliphatic carbocycles.